The van der Waals surface area contributed by atoms with Gasteiger partial charge in [-0.2, -0.15) is 0 Å². The van der Waals surface area contributed by atoms with Gasteiger partial charge in [-0.1, -0.05) is 35.9 Å². The Bertz CT molecular complexity index is 900. The Morgan fingerprint density at radius 3 is 2.69 bits per heavy atom. The van der Waals surface area contributed by atoms with Crippen LogP contribution in [0.25, 0.3) is 6.08 Å². The van der Waals surface area contributed by atoms with E-state index in [1.54, 1.807) is 42.5 Å². The van der Waals surface area contributed by atoms with Crippen LogP contribution in [0.3, 0.4) is 0 Å². The fourth-order valence-electron chi connectivity index (χ4n) is 2.46. The molecular formula is C19H15ClFNO3S. The standard InChI is InChI=1S/C19H15ClFNO3S/c1-2-25-16-8-7-12(9-14(16)20)10-17-18(23)22(19(24)26-17)11-13-5-3-4-6-15(13)21/h3-10H,2,11H2,1H3/b17-10-. The van der Waals surface area contributed by atoms with E-state index in [1.807, 2.05) is 6.92 Å². The van der Waals surface area contributed by atoms with Gasteiger partial charge in [-0.05, 0) is 48.5 Å². The van der Waals surface area contributed by atoms with Crippen LogP contribution in [-0.2, 0) is 11.3 Å². The first-order chi connectivity index (χ1) is 12.5. The largest absolute Gasteiger partial charge is 0.492 e. The van der Waals surface area contributed by atoms with Gasteiger partial charge in [-0.3, -0.25) is 14.5 Å². The van der Waals surface area contributed by atoms with Gasteiger partial charge in [-0.25, -0.2) is 4.39 Å². The Labute approximate surface area is 159 Å². The maximum Gasteiger partial charge on any atom is 0.293 e. The normalized spacial score (nSPS) is 15.8. The molecule has 0 aromatic heterocycles. The average Bonchev–Trinajstić information content (AvgIpc) is 2.87. The van der Waals surface area contributed by atoms with Gasteiger partial charge in [0, 0.05) is 5.56 Å². The number of halogens is 2. The van der Waals surface area contributed by atoms with Crippen LogP contribution in [0.2, 0.25) is 5.02 Å². The number of amides is 2. The molecule has 0 radical (unpaired) electrons. The molecule has 134 valence electrons. The van der Waals surface area contributed by atoms with Crippen molar-refractivity contribution >= 4 is 40.6 Å². The molecule has 2 aromatic rings. The second-order valence-corrected chi connectivity index (χ2v) is 6.88. The van der Waals surface area contributed by atoms with Crippen molar-refractivity contribution in [2.45, 2.75) is 13.5 Å². The summed E-state index contributed by atoms with van der Waals surface area (Å²) >= 11 is 6.97. The summed E-state index contributed by atoms with van der Waals surface area (Å²) in [5.41, 5.74) is 0.968. The molecule has 0 saturated carbocycles. The third-order valence-corrected chi connectivity index (χ3v) is 4.92. The number of carbonyl (C=O) groups is 2. The Hall–Kier alpha value is -2.31. The highest BCUT2D eigenvalue weighted by Gasteiger charge is 2.35. The lowest BCUT2D eigenvalue weighted by molar-refractivity contribution is -0.123. The van der Waals surface area contributed by atoms with Crippen molar-refractivity contribution in [3.8, 4) is 5.75 Å². The van der Waals surface area contributed by atoms with Crippen LogP contribution in [0.4, 0.5) is 9.18 Å². The van der Waals surface area contributed by atoms with E-state index in [9.17, 15) is 14.0 Å². The third-order valence-electron chi connectivity index (χ3n) is 3.71. The molecule has 4 nitrogen and oxygen atoms in total. The Balaban J connectivity index is 1.81. The maximum atomic E-state index is 13.8. The highest BCUT2D eigenvalue weighted by Crippen LogP contribution is 2.34. The second kappa shape index (κ2) is 7.93. The van der Waals surface area contributed by atoms with E-state index in [-0.39, 0.29) is 11.4 Å². The number of hydrogen-bond acceptors (Lipinski definition) is 4. The van der Waals surface area contributed by atoms with Gasteiger partial charge in [0.2, 0.25) is 0 Å². The van der Waals surface area contributed by atoms with E-state index in [1.165, 1.54) is 6.07 Å². The number of imide groups is 1. The van der Waals surface area contributed by atoms with Gasteiger partial charge in [0.25, 0.3) is 11.1 Å². The molecule has 1 saturated heterocycles. The minimum atomic E-state index is -0.451. The lowest BCUT2D eigenvalue weighted by Gasteiger charge is -2.12. The summed E-state index contributed by atoms with van der Waals surface area (Å²) < 4.78 is 19.2. The molecule has 1 aliphatic rings. The SMILES string of the molecule is CCOc1ccc(/C=C2\SC(=O)N(Cc3ccccc3F)C2=O)cc1Cl. The lowest BCUT2D eigenvalue weighted by Crippen LogP contribution is -2.27. The van der Waals surface area contributed by atoms with Crippen LogP contribution in [-0.4, -0.2) is 22.7 Å². The first-order valence-electron chi connectivity index (χ1n) is 7.90. The number of nitrogens with zero attached hydrogens (tertiary/aromatic N) is 1. The smallest absolute Gasteiger partial charge is 0.293 e. The zero-order chi connectivity index (χ0) is 18.7. The minimum absolute atomic E-state index is 0.0985. The average molecular weight is 392 g/mol. The van der Waals surface area contributed by atoms with E-state index < -0.39 is 17.0 Å². The van der Waals surface area contributed by atoms with Gasteiger partial charge in [0.1, 0.15) is 11.6 Å². The number of hydrogen-bond donors (Lipinski definition) is 0. The summed E-state index contributed by atoms with van der Waals surface area (Å²) in [5.74, 6) is -0.346. The van der Waals surface area contributed by atoms with Crippen molar-refractivity contribution in [3.63, 3.8) is 0 Å². The third kappa shape index (κ3) is 3.92. The van der Waals surface area contributed by atoms with E-state index >= 15 is 0 Å². The molecule has 1 fully saturated rings. The lowest BCUT2D eigenvalue weighted by atomic mass is 10.2. The zero-order valence-electron chi connectivity index (χ0n) is 13.9. The molecule has 2 aromatic carbocycles. The van der Waals surface area contributed by atoms with Crippen molar-refractivity contribution in [1.82, 2.24) is 4.90 Å². The zero-order valence-corrected chi connectivity index (χ0v) is 15.4. The number of thioether (sulfide) groups is 1. The second-order valence-electron chi connectivity index (χ2n) is 5.48. The van der Waals surface area contributed by atoms with Gasteiger partial charge in [0.15, 0.2) is 0 Å². The monoisotopic (exact) mass is 391 g/mol. The Kier molecular flexibility index (Phi) is 5.64. The fourth-order valence-corrected chi connectivity index (χ4v) is 3.55. The maximum absolute atomic E-state index is 13.8. The summed E-state index contributed by atoms with van der Waals surface area (Å²) in [6.07, 6.45) is 1.59. The van der Waals surface area contributed by atoms with Crippen LogP contribution < -0.4 is 4.74 Å². The van der Waals surface area contributed by atoms with Crippen LogP contribution >= 0.6 is 23.4 Å². The topological polar surface area (TPSA) is 46.6 Å². The Morgan fingerprint density at radius 2 is 2.00 bits per heavy atom. The molecule has 0 N–H and O–H groups in total. The number of carbonyl (C=O) groups excluding carboxylic acids is 2. The molecule has 0 aliphatic carbocycles. The van der Waals surface area contributed by atoms with E-state index in [0.29, 0.717) is 28.5 Å². The van der Waals surface area contributed by atoms with E-state index in [4.69, 9.17) is 16.3 Å². The molecule has 0 unspecified atom stereocenters. The minimum Gasteiger partial charge on any atom is -0.492 e. The van der Waals surface area contributed by atoms with Crippen molar-refractivity contribution in [2.24, 2.45) is 0 Å². The summed E-state index contributed by atoms with van der Waals surface area (Å²) in [5, 5.41) is -0.00674. The van der Waals surface area contributed by atoms with Crippen molar-refractivity contribution in [2.75, 3.05) is 6.61 Å². The van der Waals surface area contributed by atoms with Crippen LogP contribution in [0.1, 0.15) is 18.1 Å². The van der Waals surface area contributed by atoms with Gasteiger partial charge < -0.3 is 4.74 Å². The van der Waals surface area contributed by atoms with Gasteiger partial charge in [0.05, 0.1) is 23.1 Å². The highest BCUT2D eigenvalue weighted by atomic mass is 35.5. The van der Waals surface area contributed by atoms with Crippen molar-refractivity contribution in [1.29, 1.82) is 0 Å². The molecule has 7 heteroatoms. The summed E-state index contributed by atoms with van der Waals surface area (Å²) in [7, 11) is 0. The summed E-state index contributed by atoms with van der Waals surface area (Å²) in [4.78, 5) is 26.0. The van der Waals surface area contributed by atoms with E-state index in [2.05, 4.69) is 0 Å². The molecule has 3 rings (SSSR count). The number of rotatable bonds is 5. The van der Waals surface area contributed by atoms with Crippen LogP contribution in [0, 0.1) is 5.82 Å². The molecule has 2 amide bonds. The first-order valence-corrected chi connectivity index (χ1v) is 9.10. The first kappa shape index (κ1) is 18.5. The predicted octanol–water partition coefficient (Wildman–Crippen LogP) is 5.11. The van der Waals surface area contributed by atoms with Gasteiger partial charge in [-0.15, -0.1) is 0 Å². The quantitative estimate of drug-likeness (QED) is 0.664. The molecule has 0 bridgehead atoms. The highest BCUT2D eigenvalue weighted by molar-refractivity contribution is 8.18. The van der Waals surface area contributed by atoms with E-state index in [0.717, 1.165) is 16.7 Å². The van der Waals surface area contributed by atoms with Crippen LogP contribution in [0.15, 0.2) is 47.4 Å². The molecule has 0 atom stereocenters. The molecular weight excluding hydrogens is 377 g/mol. The summed E-state index contributed by atoms with van der Waals surface area (Å²) in [6.45, 7) is 2.25. The fraction of sp³-hybridized carbons (Fsp3) is 0.158. The van der Waals surface area contributed by atoms with Crippen molar-refractivity contribution in [3.05, 3.63) is 69.3 Å². The Morgan fingerprint density at radius 1 is 1.23 bits per heavy atom. The predicted molar refractivity (Wildman–Crippen MR) is 101 cm³/mol. The molecule has 1 heterocycles. The van der Waals surface area contributed by atoms with Crippen molar-refractivity contribution < 1.29 is 18.7 Å². The van der Waals surface area contributed by atoms with Gasteiger partial charge >= 0.3 is 0 Å². The number of ether oxygens (including phenoxy) is 1. The number of benzene rings is 2. The van der Waals surface area contributed by atoms with Crippen LogP contribution in [0.5, 0.6) is 5.75 Å². The molecule has 26 heavy (non-hydrogen) atoms. The molecule has 1 aliphatic heterocycles. The summed E-state index contributed by atoms with van der Waals surface area (Å²) in [6, 6.07) is 11.2. The molecule has 0 spiro atoms.